The number of unbranched alkanes of at least 4 members (excludes halogenated alkanes) is 1. The van der Waals surface area contributed by atoms with Gasteiger partial charge in [0.2, 0.25) is 0 Å². The summed E-state index contributed by atoms with van der Waals surface area (Å²) in [6.45, 7) is 7.19. The van der Waals surface area contributed by atoms with Gasteiger partial charge in [-0.15, -0.1) is 11.3 Å². The molecule has 1 aliphatic heterocycles. The van der Waals surface area contributed by atoms with Gasteiger partial charge in [-0.1, -0.05) is 43.4 Å². The molecule has 6 heteroatoms. The second kappa shape index (κ2) is 6.45. The Morgan fingerprint density at radius 3 is 2.90 bits per heavy atom. The third-order valence-electron chi connectivity index (χ3n) is 3.29. The molecular formula is C14H20N2OS3. The van der Waals surface area contributed by atoms with Crippen molar-refractivity contribution in [2.75, 3.05) is 6.54 Å². The van der Waals surface area contributed by atoms with Crippen molar-refractivity contribution < 1.29 is 4.74 Å². The molecule has 0 bridgehead atoms. The van der Waals surface area contributed by atoms with Crippen LogP contribution in [0.2, 0.25) is 0 Å². The van der Waals surface area contributed by atoms with Gasteiger partial charge in [-0.05, 0) is 31.7 Å². The van der Waals surface area contributed by atoms with E-state index in [2.05, 4.69) is 25.7 Å². The number of hydrogen-bond acceptors (Lipinski definition) is 4. The molecule has 0 N–H and O–H groups in total. The van der Waals surface area contributed by atoms with Gasteiger partial charge in [0.15, 0.2) is 6.21 Å². The van der Waals surface area contributed by atoms with E-state index in [1.54, 1.807) is 29.3 Å². The fourth-order valence-corrected chi connectivity index (χ4v) is 4.92. The zero-order chi connectivity index (χ0) is 14.8. The van der Waals surface area contributed by atoms with Gasteiger partial charge in [-0.3, -0.25) is 4.90 Å². The second-order valence-electron chi connectivity index (χ2n) is 5.40. The Labute approximate surface area is 134 Å². The molecule has 0 spiro atoms. The van der Waals surface area contributed by atoms with Gasteiger partial charge in [0, 0.05) is 6.54 Å². The van der Waals surface area contributed by atoms with Crippen LogP contribution < -0.4 is 0 Å². The monoisotopic (exact) mass is 328 g/mol. The first kappa shape index (κ1) is 15.8. The van der Waals surface area contributed by atoms with Crippen LogP contribution >= 0.6 is 35.3 Å². The molecule has 3 nitrogen and oxygen atoms in total. The SMILES string of the molecule is CCCCN1C(=S)SC(C)(C)C1[N+]([O-])=Cc1cccs1. The van der Waals surface area contributed by atoms with E-state index in [4.69, 9.17) is 12.2 Å². The van der Waals surface area contributed by atoms with Gasteiger partial charge in [-0.2, -0.15) is 4.74 Å². The van der Waals surface area contributed by atoms with Gasteiger partial charge in [0.1, 0.15) is 9.07 Å². The highest BCUT2D eigenvalue weighted by atomic mass is 32.2. The lowest BCUT2D eigenvalue weighted by molar-refractivity contribution is -0.523. The molecule has 1 fully saturated rings. The Morgan fingerprint density at radius 2 is 2.30 bits per heavy atom. The fourth-order valence-electron chi connectivity index (χ4n) is 2.36. The van der Waals surface area contributed by atoms with Gasteiger partial charge < -0.3 is 5.21 Å². The molecule has 0 aliphatic carbocycles. The van der Waals surface area contributed by atoms with Crippen molar-refractivity contribution >= 4 is 45.9 Å². The maximum atomic E-state index is 12.6. The molecule has 0 radical (unpaired) electrons. The molecule has 0 aromatic carbocycles. The standard InChI is InChI=1S/C14H20N2OS3/c1-4-5-8-15-12(14(2,3)20-13(15)18)16(17)10-11-7-6-9-19-11/h6-7,9-10,12H,4-5,8H2,1-3H3. The first-order chi connectivity index (χ1) is 9.45. The Hall–Kier alpha value is -0.590. The quantitative estimate of drug-likeness (QED) is 0.269. The minimum absolute atomic E-state index is 0.194. The summed E-state index contributed by atoms with van der Waals surface area (Å²) in [4.78, 5) is 3.06. The zero-order valence-electron chi connectivity index (χ0n) is 12.0. The first-order valence-electron chi connectivity index (χ1n) is 6.79. The third-order valence-corrected chi connectivity index (χ3v) is 5.73. The highest BCUT2D eigenvalue weighted by Crippen LogP contribution is 2.41. The van der Waals surface area contributed by atoms with Crippen molar-refractivity contribution in [3.8, 4) is 0 Å². The van der Waals surface area contributed by atoms with Crippen LogP contribution in [-0.4, -0.2) is 37.6 Å². The maximum Gasteiger partial charge on any atom is 0.254 e. The predicted octanol–water partition coefficient (Wildman–Crippen LogP) is 3.92. The lowest BCUT2D eigenvalue weighted by atomic mass is 10.1. The largest absolute Gasteiger partial charge is 0.622 e. The summed E-state index contributed by atoms with van der Waals surface area (Å²) in [5, 5.41) is 14.6. The Bertz CT molecular complexity index is 497. The number of thiophene rings is 1. The third kappa shape index (κ3) is 3.35. The van der Waals surface area contributed by atoms with Crippen LogP contribution in [0.25, 0.3) is 0 Å². The number of hydroxylamine groups is 1. The van der Waals surface area contributed by atoms with Crippen molar-refractivity contribution in [3.05, 3.63) is 27.6 Å². The molecule has 20 heavy (non-hydrogen) atoms. The van der Waals surface area contributed by atoms with Crippen molar-refractivity contribution in [2.24, 2.45) is 0 Å². The van der Waals surface area contributed by atoms with Crippen molar-refractivity contribution in [2.45, 2.75) is 44.5 Å². The molecule has 0 saturated carbocycles. The first-order valence-corrected chi connectivity index (χ1v) is 8.89. The number of hydrogen-bond donors (Lipinski definition) is 0. The van der Waals surface area contributed by atoms with Gasteiger partial charge >= 0.3 is 0 Å². The van der Waals surface area contributed by atoms with Crippen LogP contribution in [0.5, 0.6) is 0 Å². The van der Waals surface area contributed by atoms with Crippen LogP contribution in [0.15, 0.2) is 17.5 Å². The van der Waals surface area contributed by atoms with Crippen molar-refractivity contribution in [1.82, 2.24) is 4.90 Å². The Kier molecular flexibility index (Phi) is 5.09. The summed E-state index contributed by atoms with van der Waals surface area (Å²) in [5.74, 6) is 0. The predicted molar refractivity (Wildman–Crippen MR) is 92.8 cm³/mol. The minimum Gasteiger partial charge on any atom is -0.622 e. The number of nitrogens with zero attached hydrogens (tertiary/aromatic N) is 2. The van der Waals surface area contributed by atoms with E-state index < -0.39 is 0 Å². The molecular weight excluding hydrogens is 308 g/mol. The normalized spacial score (nSPS) is 22.6. The molecule has 1 aromatic heterocycles. The molecule has 1 atom stereocenters. The lowest BCUT2D eigenvalue weighted by Gasteiger charge is -2.29. The summed E-state index contributed by atoms with van der Waals surface area (Å²) >= 11 is 8.66. The van der Waals surface area contributed by atoms with Crippen LogP contribution in [0.3, 0.4) is 0 Å². The molecule has 2 rings (SSSR count). The van der Waals surface area contributed by atoms with Gasteiger partial charge in [0.25, 0.3) is 6.17 Å². The Balaban J connectivity index is 2.26. The summed E-state index contributed by atoms with van der Waals surface area (Å²) in [5.41, 5.74) is 0. The molecule has 2 heterocycles. The van der Waals surface area contributed by atoms with Crippen LogP contribution in [0.1, 0.15) is 38.5 Å². The van der Waals surface area contributed by atoms with Gasteiger partial charge in [-0.25, -0.2) is 0 Å². The van der Waals surface area contributed by atoms with Gasteiger partial charge in [0.05, 0.1) is 4.88 Å². The fraction of sp³-hybridized carbons (Fsp3) is 0.571. The molecule has 1 aliphatic rings. The van der Waals surface area contributed by atoms with E-state index in [1.807, 2.05) is 17.5 Å². The molecule has 1 saturated heterocycles. The van der Waals surface area contributed by atoms with E-state index >= 15 is 0 Å². The molecule has 0 amide bonds. The minimum atomic E-state index is -0.228. The summed E-state index contributed by atoms with van der Waals surface area (Å²) in [6.07, 6.45) is 3.61. The van der Waals surface area contributed by atoms with E-state index in [9.17, 15) is 5.21 Å². The van der Waals surface area contributed by atoms with Crippen molar-refractivity contribution in [3.63, 3.8) is 0 Å². The number of rotatable bonds is 5. The van der Waals surface area contributed by atoms with E-state index in [0.29, 0.717) is 0 Å². The number of thioether (sulfide) groups is 1. The van der Waals surface area contributed by atoms with E-state index in [0.717, 1.165) is 33.3 Å². The van der Waals surface area contributed by atoms with Crippen molar-refractivity contribution in [1.29, 1.82) is 0 Å². The van der Waals surface area contributed by atoms with E-state index in [1.165, 1.54) is 0 Å². The maximum absolute atomic E-state index is 12.6. The zero-order valence-corrected chi connectivity index (χ0v) is 14.5. The van der Waals surface area contributed by atoms with Crippen LogP contribution in [0.4, 0.5) is 0 Å². The number of thiocarbonyl (C=S) groups is 1. The van der Waals surface area contributed by atoms with Crippen LogP contribution in [-0.2, 0) is 0 Å². The molecule has 1 aromatic rings. The van der Waals surface area contributed by atoms with Crippen LogP contribution in [0, 0.1) is 5.21 Å². The molecule has 1 unspecified atom stereocenters. The average molecular weight is 329 g/mol. The smallest absolute Gasteiger partial charge is 0.254 e. The molecule has 110 valence electrons. The highest BCUT2D eigenvalue weighted by molar-refractivity contribution is 8.24. The lowest BCUT2D eigenvalue weighted by Crippen LogP contribution is -2.48. The summed E-state index contributed by atoms with van der Waals surface area (Å²) < 4.78 is 1.72. The van der Waals surface area contributed by atoms with E-state index in [-0.39, 0.29) is 10.9 Å². The second-order valence-corrected chi connectivity index (χ2v) is 8.66. The summed E-state index contributed by atoms with van der Waals surface area (Å²) in [7, 11) is 0. The highest BCUT2D eigenvalue weighted by Gasteiger charge is 2.50. The summed E-state index contributed by atoms with van der Waals surface area (Å²) in [6, 6.07) is 3.91. The topological polar surface area (TPSA) is 29.3 Å². The Morgan fingerprint density at radius 1 is 1.55 bits per heavy atom. The average Bonchev–Trinajstić information content (AvgIpc) is 2.92.